The summed E-state index contributed by atoms with van der Waals surface area (Å²) in [5.74, 6) is -0.279. The summed E-state index contributed by atoms with van der Waals surface area (Å²) >= 11 is 12.7. The zero-order valence-corrected chi connectivity index (χ0v) is 21.9. The van der Waals surface area contributed by atoms with E-state index in [9.17, 15) is 9.59 Å². The van der Waals surface area contributed by atoms with Crippen LogP contribution in [0, 0.1) is 0 Å². The SMILES string of the molecule is CCCCNC(=O)[C@H](C)N(Cc1c(Cl)cccc1Cl)C(=O)CCc1ccc(C(C)(C)C)cc1. The summed E-state index contributed by atoms with van der Waals surface area (Å²) < 4.78 is 0. The maximum atomic E-state index is 13.3. The molecule has 2 amide bonds. The second kappa shape index (κ2) is 12.4. The molecule has 2 aromatic carbocycles. The van der Waals surface area contributed by atoms with Gasteiger partial charge in [-0.3, -0.25) is 9.59 Å². The minimum Gasteiger partial charge on any atom is -0.354 e. The Labute approximate surface area is 208 Å². The van der Waals surface area contributed by atoms with Gasteiger partial charge in [-0.25, -0.2) is 0 Å². The Morgan fingerprint density at radius 1 is 1.03 bits per heavy atom. The van der Waals surface area contributed by atoms with E-state index >= 15 is 0 Å². The van der Waals surface area contributed by atoms with Gasteiger partial charge >= 0.3 is 0 Å². The minimum absolute atomic E-state index is 0.0833. The number of nitrogens with zero attached hydrogens (tertiary/aromatic N) is 1. The Morgan fingerprint density at radius 2 is 1.64 bits per heavy atom. The molecule has 0 saturated carbocycles. The van der Waals surface area contributed by atoms with Crippen LogP contribution in [0.1, 0.15) is 70.6 Å². The molecule has 0 radical (unpaired) electrons. The van der Waals surface area contributed by atoms with Crippen LogP contribution in [-0.2, 0) is 28.0 Å². The summed E-state index contributed by atoms with van der Waals surface area (Å²) in [7, 11) is 0. The van der Waals surface area contributed by atoms with Gasteiger partial charge in [0.25, 0.3) is 0 Å². The third-order valence-electron chi connectivity index (χ3n) is 5.83. The van der Waals surface area contributed by atoms with Gasteiger partial charge in [0.1, 0.15) is 6.04 Å². The second-order valence-corrected chi connectivity index (χ2v) is 10.3. The van der Waals surface area contributed by atoms with E-state index in [1.807, 2.05) is 0 Å². The fraction of sp³-hybridized carbons (Fsp3) is 0.481. The van der Waals surface area contributed by atoms with Gasteiger partial charge in [0.2, 0.25) is 11.8 Å². The van der Waals surface area contributed by atoms with Crippen LogP contribution in [0.5, 0.6) is 0 Å². The minimum atomic E-state index is -0.634. The maximum Gasteiger partial charge on any atom is 0.242 e. The molecule has 0 saturated heterocycles. The van der Waals surface area contributed by atoms with E-state index < -0.39 is 6.04 Å². The fourth-order valence-corrected chi connectivity index (χ4v) is 4.06. The summed E-state index contributed by atoms with van der Waals surface area (Å²) in [6.45, 7) is 11.1. The molecule has 0 fully saturated rings. The molecule has 4 nitrogen and oxygen atoms in total. The quantitative estimate of drug-likeness (QED) is 0.383. The van der Waals surface area contributed by atoms with E-state index in [2.05, 4.69) is 57.3 Å². The lowest BCUT2D eigenvalue weighted by Gasteiger charge is -2.29. The summed E-state index contributed by atoms with van der Waals surface area (Å²) in [5.41, 5.74) is 3.08. The Kier molecular flexibility index (Phi) is 10.2. The number of nitrogens with one attached hydrogen (secondary N) is 1. The average molecular weight is 492 g/mol. The largest absolute Gasteiger partial charge is 0.354 e. The van der Waals surface area contributed by atoms with Crippen molar-refractivity contribution in [2.24, 2.45) is 0 Å². The molecule has 1 atom stereocenters. The van der Waals surface area contributed by atoms with Gasteiger partial charge in [0.05, 0.1) is 0 Å². The lowest BCUT2D eigenvalue weighted by Crippen LogP contribution is -2.48. The lowest BCUT2D eigenvalue weighted by atomic mass is 9.86. The molecule has 0 spiro atoms. The summed E-state index contributed by atoms with van der Waals surface area (Å²) in [4.78, 5) is 27.6. The van der Waals surface area contributed by atoms with Gasteiger partial charge in [-0.1, -0.05) is 87.6 Å². The highest BCUT2D eigenvalue weighted by molar-refractivity contribution is 6.36. The van der Waals surface area contributed by atoms with E-state index in [4.69, 9.17) is 23.2 Å². The Hall–Kier alpha value is -2.04. The van der Waals surface area contributed by atoms with Gasteiger partial charge in [0, 0.05) is 35.1 Å². The number of unbranched alkanes of at least 4 members (excludes halogenated alkanes) is 1. The van der Waals surface area contributed by atoms with Crippen molar-refractivity contribution in [3.05, 3.63) is 69.2 Å². The molecule has 0 aliphatic heterocycles. The number of hydrogen-bond donors (Lipinski definition) is 1. The van der Waals surface area contributed by atoms with Gasteiger partial charge < -0.3 is 10.2 Å². The van der Waals surface area contributed by atoms with E-state index in [-0.39, 0.29) is 23.8 Å². The van der Waals surface area contributed by atoms with Crippen molar-refractivity contribution in [3.63, 3.8) is 0 Å². The van der Waals surface area contributed by atoms with E-state index in [1.54, 1.807) is 30.0 Å². The van der Waals surface area contributed by atoms with Crippen LogP contribution in [0.2, 0.25) is 10.0 Å². The molecular formula is C27H36Cl2N2O2. The predicted molar refractivity (Wildman–Crippen MR) is 138 cm³/mol. The fourth-order valence-electron chi connectivity index (χ4n) is 3.54. The molecule has 2 rings (SSSR count). The second-order valence-electron chi connectivity index (χ2n) is 9.49. The van der Waals surface area contributed by atoms with Crippen LogP contribution in [0.4, 0.5) is 0 Å². The summed E-state index contributed by atoms with van der Waals surface area (Å²) in [6, 6.07) is 13.0. The Bertz CT molecular complexity index is 916. The van der Waals surface area contributed by atoms with Gasteiger partial charge in [-0.05, 0) is 48.4 Å². The van der Waals surface area contributed by atoms with Crippen LogP contribution < -0.4 is 5.32 Å². The van der Waals surface area contributed by atoms with Crippen molar-refractivity contribution in [1.82, 2.24) is 10.2 Å². The normalized spacial score (nSPS) is 12.3. The molecule has 0 aliphatic carbocycles. The third-order valence-corrected chi connectivity index (χ3v) is 6.54. The van der Waals surface area contributed by atoms with Gasteiger partial charge in [-0.2, -0.15) is 0 Å². The van der Waals surface area contributed by atoms with Crippen LogP contribution in [0.3, 0.4) is 0 Å². The lowest BCUT2D eigenvalue weighted by molar-refractivity contribution is -0.140. The first-order valence-corrected chi connectivity index (χ1v) is 12.4. The monoisotopic (exact) mass is 490 g/mol. The van der Waals surface area contributed by atoms with E-state index in [0.29, 0.717) is 35.0 Å². The van der Waals surface area contributed by atoms with Gasteiger partial charge in [-0.15, -0.1) is 0 Å². The highest BCUT2D eigenvalue weighted by Gasteiger charge is 2.27. The van der Waals surface area contributed by atoms with Crippen molar-refractivity contribution in [3.8, 4) is 0 Å². The number of amides is 2. The summed E-state index contributed by atoms with van der Waals surface area (Å²) in [6.07, 6.45) is 2.78. The molecule has 0 unspecified atom stereocenters. The number of aryl methyl sites for hydroxylation is 1. The molecule has 2 aromatic rings. The number of carbonyl (C=O) groups excluding carboxylic acids is 2. The number of carbonyl (C=O) groups is 2. The Morgan fingerprint density at radius 3 is 2.18 bits per heavy atom. The van der Waals surface area contributed by atoms with E-state index in [1.165, 1.54) is 5.56 Å². The Balaban J connectivity index is 2.17. The van der Waals surface area contributed by atoms with Crippen LogP contribution in [0.25, 0.3) is 0 Å². The highest BCUT2D eigenvalue weighted by atomic mass is 35.5. The molecule has 33 heavy (non-hydrogen) atoms. The third kappa shape index (κ3) is 8.04. The molecule has 0 aromatic heterocycles. The molecular weight excluding hydrogens is 455 g/mol. The first kappa shape index (κ1) is 27.2. The smallest absolute Gasteiger partial charge is 0.242 e. The molecule has 6 heteroatoms. The van der Waals surface area contributed by atoms with Crippen LogP contribution >= 0.6 is 23.2 Å². The first-order chi connectivity index (χ1) is 15.5. The topological polar surface area (TPSA) is 49.4 Å². The van der Waals surface area contributed by atoms with Crippen molar-refractivity contribution in [2.45, 2.75) is 78.3 Å². The van der Waals surface area contributed by atoms with Crippen molar-refractivity contribution in [2.75, 3.05) is 6.54 Å². The zero-order valence-electron chi connectivity index (χ0n) is 20.4. The number of rotatable bonds is 10. The van der Waals surface area contributed by atoms with Crippen molar-refractivity contribution < 1.29 is 9.59 Å². The zero-order chi connectivity index (χ0) is 24.6. The first-order valence-electron chi connectivity index (χ1n) is 11.6. The summed E-state index contributed by atoms with van der Waals surface area (Å²) in [5, 5.41) is 3.90. The molecule has 1 N–H and O–H groups in total. The molecule has 0 heterocycles. The number of hydrogen-bond acceptors (Lipinski definition) is 2. The predicted octanol–water partition coefficient (Wildman–Crippen LogP) is 6.56. The molecule has 0 aliphatic rings. The standard InChI is InChI=1S/C27H36Cl2N2O2/c1-6-7-17-30-26(33)19(2)31(18-22-23(28)9-8-10-24(22)29)25(32)16-13-20-11-14-21(15-12-20)27(3,4)5/h8-12,14-15,19H,6-7,13,16-18H2,1-5H3,(H,30,33)/t19-/m0/s1. The molecule has 180 valence electrons. The number of benzene rings is 2. The molecule has 0 bridgehead atoms. The van der Waals surface area contributed by atoms with Crippen molar-refractivity contribution >= 4 is 35.0 Å². The maximum absolute atomic E-state index is 13.3. The van der Waals surface area contributed by atoms with Crippen LogP contribution in [0.15, 0.2) is 42.5 Å². The number of halogens is 2. The van der Waals surface area contributed by atoms with Crippen LogP contribution in [-0.4, -0.2) is 29.3 Å². The van der Waals surface area contributed by atoms with Crippen molar-refractivity contribution in [1.29, 1.82) is 0 Å². The van der Waals surface area contributed by atoms with Gasteiger partial charge in [0.15, 0.2) is 0 Å². The highest BCUT2D eigenvalue weighted by Crippen LogP contribution is 2.27. The van der Waals surface area contributed by atoms with E-state index in [0.717, 1.165) is 18.4 Å². The average Bonchev–Trinajstić information content (AvgIpc) is 2.76.